The Kier molecular flexibility index (Phi) is 5.00. The number of hydrogen-bond donors (Lipinski definition) is 1. The van der Waals surface area contributed by atoms with E-state index in [2.05, 4.69) is 23.7 Å². The van der Waals surface area contributed by atoms with E-state index in [1.54, 1.807) is 11.3 Å². The highest BCUT2D eigenvalue weighted by atomic mass is 32.1. The molecule has 96 valence electrons. The fraction of sp³-hybridized carbons (Fsp3) is 0.615. The van der Waals surface area contributed by atoms with Crippen LogP contribution in [-0.4, -0.2) is 23.0 Å². The average Bonchev–Trinajstić information content (AvgIpc) is 2.67. The Morgan fingerprint density at radius 1 is 1.47 bits per heavy atom. The van der Waals surface area contributed by atoms with Crippen molar-refractivity contribution in [1.82, 2.24) is 10.2 Å². The minimum absolute atomic E-state index is 0.0190. The van der Waals surface area contributed by atoms with Crippen LogP contribution < -0.4 is 5.32 Å². The minimum atomic E-state index is -0.183. The number of urea groups is 1. The maximum Gasteiger partial charge on any atom is 0.318 e. The summed E-state index contributed by atoms with van der Waals surface area (Å²) in [6.45, 7) is 9.57. The number of rotatable bonds is 4. The summed E-state index contributed by atoms with van der Waals surface area (Å²) in [5, 5.41) is 7.14. The van der Waals surface area contributed by atoms with Crippen molar-refractivity contribution in [2.24, 2.45) is 0 Å². The van der Waals surface area contributed by atoms with Crippen LogP contribution in [-0.2, 0) is 6.54 Å². The van der Waals surface area contributed by atoms with E-state index in [-0.39, 0.29) is 11.6 Å². The van der Waals surface area contributed by atoms with E-state index in [9.17, 15) is 4.79 Å². The van der Waals surface area contributed by atoms with Crippen molar-refractivity contribution in [3.8, 4) is 0 Å². The lowest BCUT2D eigenvalue weighted by Gasteiger charge is -2.28. The van der Waals surface area contributed by atoms with Gasteiger partial charge in [-0.05, 0) is 49.6 Å². The first-order valence-electron chi connectivity index (χ1n) is 6.00. The summed E-state index contributed by atoms with van der Waals surface area (Å²) in [5.41, 5.74) is 1.02. The fourth-order valence-electron chi connectivity index (χ4n) is 1.53. The predicted molar refractivity (Wildman–Crippen MR) is 73.3 cm³/mol. The van der Waals surface area contributed by atoms with Gasteiger partial charge in [-0.3, -0.25) is 0 Å². The standard InChI is InChI=1S/C13H22N2OS/c1-5-7-15(9-11-6-8-17-10-11)12(16)14-13(2,3)4/h6,8,10H,5,7,9H2,1-4H3,(H,14,16). The zero-order valence-electron chi connectivity index (χ0n) is 11.1. The number of hydrogen-bond acceptors (Lipinski definition) is 2. The molecule has 0 aliphatic heterocycles. The van der Waals surface area contributed by atoms with Crippen LogP contribution in [0.3, 0.4) is 0 Å². The van der Waals surface area contributed by atoms with Crippen LogP contribution in [0, 0.1) is 0 Å². The van der Waals surface area contributed by atoms with Crippen LogP contribution in [0.4, 0.5) is 4.79 Å². The number of nitrogens with one attached hydrogen (secondary N) is 1. The van der Waals surface area contributed by atoms with Gasteiger partial charge in [-0.15, -0.1) is 0 Å². The molecule has 0 aromatic carbocycles. The predicted octanol–water partition coefficient (Wildman–Crippen LogP) is 3.47. The molecule has 0 saturated heterocycles. The number of amides is 2. The zero-order valence-corrected chi connectivity index (χ0v) is 11.9. The van der Waals surface area contributed by atoms with Gasteiger partial charge in [-0.25, -0.2) is 4.79 Å². The summed E-state index contributed by atoms with van der Waals surface area (Å²) in [7, 11) is 0. The van der Waals surface area contributed by atoms with Crippen molar-refractivity contribution in [1.29, 1.82) is 0 Å². The van der Waals surface area contributed by atoms with Gasteiger partial charge in [0.2, 0.25) is 0 Å². The van der Waals surface area contributed by atoms with E-state index in [0.29, 0.717) is 6.54 Å². The van der Waals surface area contributed by atoms with Crippen LogP contribution in [0.2, 0.25) is 0 Å². The molecule has 17 heavy (non-hydrogen) atoms. The molecule has 2 amide bonds. The highest BCUT2D eigenvalue weighted by Gasteiger charge is 2.19. The fourth-order valence-corrected chi connectivity index (χ4v) is 2.19. The summed E-state index contributed by atoms with van der Waals surface area (Å²) in [6.07, 6.45) is 0.974. The van der Waals surface area contributed by atoms with Gasteiger partial charge in [0.25, 0.3) is 0 Å². The van der Waals surface area contributed by atoms with Gasteiger partial charge < -0.3 is 10.2 Å². The molecular weight excluding hydrogens is 232 g/mol. The Bertz CT molecular complexity index is 341. The van der Waals surface area contributed by atoms with E-state index < -0.39 is 0 Å². The molecule has 4 heteroatoms. The first-order valence-corrected chi connectivity index (χ1v) is 6.95. The van der Waals surface area contributed by atoms with Gasteiger partial charge in [-0.1, -0.05) is 6.92 Å². The molecule has 0 bridgehead atoms. The van der Waals surface area contributed by atoms with Gasteiger partial charge in [0.1, 0.15) is 0 Å². The topological polar surface area (TPSA) is 32.3 Å². The summed E-state index contributed by atoms with van der Waals surface area (Å²) in [6, 6.07) is 2.09. The summed E-state index contributed by atoms with van der Waals surface area (Å²) < 4.78 is 0. The smallest absolute Gasteiger partial charge is 0.318 e. The maximum atomic E-state index is 12.1. The Hall–Kier alpha value is -1.03. The molecular formula is C13H22N2OS. The molecule has 0 aliphatic rings. The van der Waals surface area contributed by atoms with Crippen LogP contribution in [0.25, 0.3) is 0 Å². The Morgan fingerprint density at radius 3 is 2.65 bits per heavy atom. The van der Waals surface area contributed by atoms with Crippen molar-refractivity contribution >= 4 is 17.4 Å². The van der Waals surface area contributed by atoms with E-state index in [4.69, 9.17) is 0 Å². The lowest BCUT2D eigenvalue weighted by molar-refractivity contribution is 0.186. The summed E-state index contributed by atoms with van der Waals surface area (Å²) >= 11 is 1.67. The highest BCUT2D eigenvalue weighted by Crippen LogP contribution is 2.11. The van der Waals surface area contributed by atoms with Crippen molar-refractivity contribution < 1.29 is 4.79 Å². The molecule has 0 radical (unpaired) electrons. The average molecular weight is 254 g/mol. The van der Waals surface area contributed by atoms with Crippen LogP contribution in [0.1, 0.15) is 39.7 Å². The van der Waals surface area contributed by atoms with Crippen LogP contribution >= 0.6 is 11.3 Å². The van der Waals surface area contributed by atoms with Crippen molar-refractivity contribution in [2.45, 2.75) is 46.2 Å². The van der Waals surface area contributed by atoms with Gasteiger partial charge in [0, 0.05) is 18.6 Å². The maximum absolute atomic E-state index is 12.1. The van der Waals surface area contributed by atoms with E-state index in [1.807, 2.05) is 31.1 Å². The van der Waals surface area contributed by atoms with Gasteiger partial charge >= 0.3 is 6.03 Å². The van der Waals surface area contributed by atoms with Crippen molar-refractivity contribution in [2.75, 3.05) is 6.54 Å². The molecule has 0 aliphatic carbocycles. The lowest BCUT2D eigenvalue weighted by Crippen LogP contribution is -2.48. The summed E-state index contributed by atoms with van der Waals surface area (Å²) in [4.78, 5) is 14.0. The van der Waals surface area contributed by atoms with E-state index in [0.717, 1.165) is 13.0 Å². The first kappa shape index (κ1) is 14.0. The lowest BCUT2D eigenvalue weighted by atomic mass is 10.1. The molecule has 1 N–H and O–H groups in total. The third-order valence-electron chi connectivity index (χ3n) is 2.22. The van der Waals surface area contributed by atoms with Crippen LogP contribution in [0.5, 0.6) is 0 Å². The third-order valence-corrected chi connectivity index (χ3v) is 2.95. The molecule has 1 rings (SSSR count). The number of nitrogens with zero attached hydrogens (tertiary/aromatic N) is 1. The second kappa shape index (κ2) is 6.05. The second-order valence-electron chi connectivity index (χ2n) is 5.23. The Morgan fingerprint density at radius 2 is 2.18 bits per heavy atom. The SMILES string of the molecule is CCCN(Cc1ccsc1)C(=O)NC(C)(C)C. The van der Waals surface area contributed by atoms with Gasteiger partial charge in [-0.2, -0.15) is 11.3 Å². The quantitative estimate of drug-likeness (QED) is 0.876. The molecule has 0 saturated carbocycles. The molecule has 3 nitrogen and oxygen atoms in total. The molecule has 1 aromatic heterocycles. The number of thiophene rings is 1. The van der Waals surface area contributed by atoms with Crippen molar-refractivity contribution in [3.63, 3.8) is 0 Å². The third kappa shape index (κ3) is 5.22. The van der Waals surface area contributed by atoms with Gasteiger partial charge in [0.05, 0.1) is 0 Å². The zero-order chi connectivity index (χ0) is 12.9. The molecule has 0 fully saturated rings. The minimum Gasteiger partial charge on any atom is -0.333 e. The normalized spacial score (nSPS) is 11.3. The first-order chi connectivity index (χ1) is 7.92. The number of carbonyl (C=O) groups is 1. The summed E-state index contributed by atoms with van der Waals surface area (Å²) in [5.74, 6) is 0. The largest absolute Gasteiger partial charge is 0.333 e. The molecule has 0 unspecified atom stereocenters. The Labute approximate surface area is 108 Å². The van der Waals surface area contributed by atoms with E-state index in [1.165, 1.54) is 5.56 Å². The molecule has 1 heterocycles. The van der Waals surface area contributed by atoms with E-state index >= 15 is 0 Å². The van der Waals surface area contributed by atoms with Gasteiger partial charge in [0.15, 0.2) is 0 Å². The highest BCUT2D eigenvalue weighted by molar-refractivity contribution is 7.07. The van der Waals surface area contributed by atoms with Crippen LogP contribution in [0.15, 0.2) is 16.8 Å². The Balaban J connectivity index is 2.62. The second-order valence-corrected chi connectivity index (χ2v) is 6.01. The molecule has 0 spiro atoms. The number of carbonyl (C=O) groups excluding carboxylic acids is 1. The molecule has 1 aromatic rings. The molecule has 0 atom stereocenters. The van der Waals surface area contributed by atoms with Crippen molar-refractivity contribution in [3.05, 3.63) is 22.4 Å². The monoisotopic (exact) mass is 254 g/mol.